The van der Waals surface area contributed by atoms with Gasteiger partial charge in [0.15, 0.2) is 0 Å². The number of carboxylic acid groups (broad SMARTS) is 1. The molecule has 2 fully saturated rings. The van der Waals surface area contributed by atoms with E-state index in [4.69, 9.17) is 9.84 Å². The summed E-state index contributed by atoms with van der Waals surface area (Å²) in [6.45, 7) is 4.03. The van der Waals surface area contributed by atoms with Crippen molar-refractivity contribution in [1.29, 1.82) is 0 Å². The lowest BCUT2D eigenvalue weighted by Gasteiger charge is -2.25. The molecule has 29 heavy (non-hydrogen) atoms. The van der Waals surface area contributed by atoms with Crippen molar-refractivity contribution in [3.63, 3.8) is 0 Å². The summed E-state index contributed by atoms with van der Waals surface area (Å²) >= 11 is 0. The first kappa shape index (κ1) is 21.8. The first-order valence-corrected chi connectivity index (χ1v) is 10.9. The van der Waals surface area contributed by atoms with Gasteiger partial charge in [0.25, 0.3) is 0 Å². The highest BCUT2D eigenvalue weighted by atomic mass is 16.5. The molecule has 4 heteroatoms. The van der Waals surface area contributed by atoms with Crippen LogP contribution in [0.4, 0.5) is 0 Å². The van der Waals surface area contributed by atoms with Crippen LogP contribution >= 0.6 is 0 Å². The first-order chi connectivity index (χ1) is 14.0. The van der Waals surface area contributed by atoms with Crippen LogP contribution in [0.15, 0.2) is 54.6 Å². The van der Waals surface area contributed by atoms with E-state index in [-0.39, 0.29) is 24.4 Å². The van der Waals surface area contributed by atoms with Gasteiger partial charge in [-0.2, -0.15) is 0 Å². The minimum absolute atomic E-state index is 0.0565. The Hall–Kier alpha value is -1.91. The molecule has 0 aliphatic carbocycles. The van der Waals surface area contributed by atoms with Gasteiger partial charge in [-0.25, -0.2) is 0 Å². The second-order valence-corrected chi connectivity index (χ2v) is 8.75. The molecular formula is C25H34O4. The normalized spacial score (nSPS) is 29.5. The lowest BCUT2D eigenvalue weighted by atomic mass is 9.77. The quantitative estimate of drug-likeness (QED) is 0.547. The van der Waals surface area contributed by atoms with Crippen LogP contribution in [0.2, 0.25) is 0 Å². The smallest absolute Gasteiger partial charge is 0.303 e. The molecule has 2 heterocycles. The van der Waals surface area contributed by atoms with E-state index in [1.165, 1.54) is 0 Å². The van der Waals surface area contributed by atoms with Crippen LogP contribution in [0, 0.1) is 17.8 Å². The lowest BCUT2D eigenvalue weighted by molar-refractivity contribution is -0.137. The van der Waals surface area contributed by atoms with Crippen LogP contribution in [-0.2, 0) is 9.53 Å². The standard InChI is InChI=1S/C25H34O4/c1-17(16-25(27)28)8-6-7-11-20-21(24-15-14-23(20)29-24)12-13-22(26)18(2)19-9-4-3-5-10-19/h3-7,9-10,12-13,17-18,20-24,26H,8,11,14-16H2,1-2H3,(H,27,28)/b7-6-,13-12+/t17?,18-,20+,21-,22-,23-,24+/m0/s1. The predicted octanol–water partition coefficient (Wildman–Crippen LogP) is 4.95. The zero-order valence-corrected chi connectivity index (χ0v) is 17.5. The van der Waals surface area contributed by atoms with Gasteiger partial charge in [0, 0.05) is 18.3 Å². The van der Waals surface area contributed by atoms with Gasteiger partial charge in [0.05, 0.1) is 18.3 Å². The molecule has 158 valence electrons. The third-order valence-corrected chi connectivity index (χ3v) is 6.49. The Balaban J connectivity index is 1.56. The molecule has 2 saturated heterocycles. The molecule has 2 bridgehead atoms. The SMILES string of the molecule is CC(C/C=C\C[C@@H]1[C@H](/C=C/[C@H](O)[C@@H](C)c2ccccc2)[C@H]2CC[C@@H]1O2)CC(=O)O. The van der Waals surface area contributed by atoms with Gasteiger partial charge >= 0.3 is 5.97 Å². The van der Waals surface area contributed by atoms with Crippen molar-refractivity contribution in [2.45, 2.75) is 70.2 Å². The third kappa shape index (κ3) is 5.80. The van der Waals surface area contributed by atoms with E-state index in [0.29, 0.717) is 17.9 Å². The number of allylic oxidation sites excluding steroid dienone is 2. The Kier molecular flexibility index (Phi) is 7.68. The number of aliphatic hydroxyl groups is 1. The first-order valence-electron chi connectivity index (χ1n) is 10.9. The van der Waals surface area contributed by atoms with Crippen molar-refractivity contribution in [1.82, 2.24) is 0 Å². The average Bonchev–Trinajstić information content (AvgIpc) is 3.30. The molecule has 1 aromatic rings. The average molecular weight is 399 g/mol. The van der Waals surface area contributed by atoms with E-state index >= 15 is 0 Å². The number of hydrogen-bond acceptors (Lipinski definition) is 3. The number of carboxylic acids is 1. The summed E-state index contributed by atoms with van der Waals surface area (Å²) in [5.74, 6) is 0.259. The number of carbonyl (C=O) groups is 1. The van der Waals surface area contributed by atoms with Crippen LogP contribution < -0.4 is 0 Å². The van der Waals surface area contributed by atoms with Crippen LogP contribution in [0.5, 0.6) is 0 Å². The van der Waals surface area contributed by atoms with Gasteiger partial charge in [-0.3, -0.25) is 4.79 Å². The monoisotopic (exact) mass is 398 g/mol. The molecule has 0 radical (unpaired) electrons. The zero-order valence-electron chi connectivity index (χ0n) is 17.5. The Morgan fingerprint density at radius 3 is 2.62 bits per heavy atom. The zero-order chi connectivity index (χ0) is 20.8. The van der Waals surface area contributed by atoms with Gasteiger partial charge in [0.1, 0.15) is 0 Å². The summed E-state index contributed by atoms with van der Waals surface area (Å²) in [6.07, 6.45) is 12.7. The molecule has 0 amide bonds. The van der Waals surface area contributed by atoms with Crippen molar-refractivity contribution in [2.24, 2.45) is 17.8 Å². The van der Waals surface area contributed by atoms with E-state index in [9.17, 15) is 9.90 Å². The van der Waals surface area contributed by atoms with Gasteiger partial charge < -0.3 is 14.9 Å². The molecule has 7 atom stereocenters. The number of aliphatic carboxylic acids is 1. The maximum Gasteiger partial charge on any atom is 0.303 e. The molecule has 3 rings (SSSR count). The number of benzene rings is 1. The number of rotatable bonds is 10. The highest BCUT2D eigenvalue weighted by molar-refractivity contribution is 5.66. The van der Waals surface area contributed by atoms with E-state index < -0.39 is 12.1 Å². The molecule has 0 spiro atoms. The molecule has 2 N–H and O–H groups in total. The number of ether oxygens (including phenoxy) is 1. The summed E-state index contributed by atoms with van der Waals surface area (Å²) in [6, 6.07) is 10.1. The molecule has 0 saturated carbocycles. The Morgan fingerprint density at radius 1 is 1.17 bits per heavy atom. The summed E-state index contributed by atoms with van der Waals surface area (Å²) in [4.78, 5) is 10.8. The molecular weight excluding hydrogens is 364 g/mol. The molecule has 1 unspecified atom stereocenters. The van der Waals surface area contributed by atoms with E-state index in [1.807, 2.05) is 31.2 Å². The summed E-state index contributed by atoms with van der Waals surface area (Å²) in [7, 11) is 0. The van der Waals surface area contributed by atoms with Crippen molar-refractivity contribution < 1.29 is 19.7 Å². The van der Waals surface area contributed by atoms with E-state index in [1.54, 1.807) is 0 Å². The third-order valence-electron chi connectivity index (χ3n) is 6.49. The molecule has 1 aromatic carbocycles. The van der Waals surface area contributed by atoms with Gasteiger partial charge in [-0.05, 0) is 43.1 Å². The van der Waals surface area contributed by atoms with Gasteiger partial charge in [-0.15, -0.1) is 0 Å². The Bertz CT molecular complexity index is 711. The second-order valence-electron chi connectivity index (χ2n) is 8.75. The van der Waals surface area contributed by atoms with E-state index in [0.717, 1.165) is 31.2 Å². The van der Waals surface area contributed by atoms with Gasteiger partial charge in [0.2, 0.25) is 0 Å². The molecule has 2 aliphatic heterocycles. The van der Waals surface area contributed by atoms with E-state index in [2.05, 4.69) is 37.3 Å². The fraction of sp³-hybridized carbons (Fsp3) is 0.560. The number of fused-ring (bicyclic) bond motifs is 2. The number of hydrogen-bond donors (Lipinski definition) is 2. The van der Waals surface area contributed by atoms with Crippen LogP contribution in [-0.4, -0.2) is 34.5 Å². The molecule has 4 nitrogen and oxygen atoms in total. The maximum absolute atomic E-state index is 10.8. The van der Waals surface area contributed by atoms with Crippen molar-refractivity contribution in [3.05, 3.63) is 60.2 Å². The maximum atomic E-state index is 10.8. The Morgan fingerprint density at radius 2 is 1.90 bits per heavy atom. The van der Waals surface area contributed by atoms with Crippen molar-refractivity contribution in [2.75, 3.05) is 0 Å². The van der Waals surface area contributed by atoms with Crippen LogP contribution in [0.1, 0.15) is 57.4 Å². The van der Waals surface area contributed by atoms with Crippen molar-refractivity contribution in [3.8, 4) is 0 Å². The van der Waals surface area contributed by atoms with Crippen LogP contribution in [0.3, 0.4) is 0 Å². The number of aliphatic hydroxyl groups excluding tert-OH is 1. The highest BCUT2D eigenvalue weighted by Crippen LogP contribution is 2.46. The van der Waals surface area contributed by atoms with Crippen molar-refractivity contribution >= 4 is 5.97 Å². The minimum Gasteiger partial charge on any atom is -0.481 e. The largest absolute Gasteiger partial charge is 0.481 e. The molecule has 2 aliphatic rings. The second kappa shape index (κ2) is 10.2. The Labute approximate surface area is 174 Å². The topological polar surface area (TPSA) is 66.8 Å². The summed E-state index contributed by atoms with van der Waals surface area (Å²) < 4.78 is 6.16. The predicted molar refractivity (Wildman–Crippen MR) is 115 cm³/mol. The van der Waals surface area contributed by atoms with Crippen LogP contribution in [0.25, 0.3) is 0 Å². The summed E-state index contributed by atoms with van der Waals surface area (Å²) in [5, 5.41) is 19.5. The molecule has 0 aromatic heterocycles. The minimum atomic E-state index is -0.735. The summed E-state index contributed by atoms with van der Waals surface area (Å²) in [5.41, 5.74) is 1.14. The fourth-order valence-corrected chi connectivity index (χ4v) is 4.71. The van der Waals surface area contributed by atoms with Gasteiger partial charge in [-0.1, -0.05) is 68.5 Å². The lowest BCUT2D eigenvalue weighted by Crippen LogP contribution is -2.26. The fourth-order valence-electron chi connectivity index (χ4n) is 4.71. The highest BCUT2D eigenvalue weighted by Gasteiger charge is 2.46.